The summed E-state index contributed by atoms with van der Waals surface area (Å²) in [4.78, 5) is 44.0. The molecule has 0 saturated carbocycles. The molecule has 1 unspecified atom stereocenters. The first-order valence-corrected chi connectivity index (χ1v) is 20.9. The van der Waals surface area contributed by atoms with Gasteiger partial charge in [0.1, 0.15) is 23.0 Å². The van der Waals surface area contributed by atoms with Gasteiger partial charge in [0, 0.05) is 55.8 Å². The average molecular weight is 1000 g/mol. The number of hydrogen-bond acceptors (Lipinski definition) is 13. The summed E-state index contributed by atoms with van der Waals surface area (Å²) in [5.41, 5.74) is 8.64. The number of aromatic nitrogens is 4. The summed E-state index contributed by atoms with van der Waals surface area (Å²) in [7, 11) is 0. The van der Waals surface area contributed by atoms with E-state index >= 15 is 0 Å². The number of unbranched alkanes of at least 4 members (excludes halogenated alkanes) is 1. The molecule has 0 spiro atoms. The zero-order valence-electron chi connectivity index (χ0n) is 34.0. The molecule has 63 heavy (non-hydrogen) atoms. The van der Waals surface area contributed by atoms with Gasteiger partial charge in [-0.25, -0.2) is 4.98 Å². The summed E-state index contributed by atoms with van der Waals surface area (Å²) in [6, 6.07) is 21.8. The predicted molar refractivity (Wildman–Crippen MR) is 241 cm³/mol. The third-order valence-electron chi connectivity index (χ3n) is 8.69. The molecule has 0 fully saturated rings. The van der Waals surface area contributed by atoms with Crippen LogP contribution in [0, 0.1) is 18.3 Å². The van der Waals surface area contributed by atoms with E-state index in [1.807, 2.05) is 12.1 Å². The Labute approximate surface area is 388 Å². The fourth-order valence-electron chi connectivity index (χ4n) is 5.53. The quantitative estimate of drug-likeness (QED) is 0.0399. The number of pyridine rings is 4. The first kappa shape index (κ1) is 51.5. The van der Waals surface area contributed by atoms with Crippen molar-refractivity contribution in [1.29, 1.82) is 5.41 Å². The van der Waals surface area contributed by atoms with E-state index in [1.54, 1.807) is 59.2 Å². The molecule has 0 radical (unpaired) electrons. The number of aryl methyl sites for hydroxylation is 1. The van der Waals surface area contributed by atoms with E-state index in [1.165, 1.54) is 38.3 Å². The van der Waals surface area contributed by atoms with Gasteiger partial charge < -0.3 is 25.4 Å². The molecule has 0 aliphatic carbocycles. The first-order chi connectivity index (χ1) is 29.8. The zero-order chi connectivity index (χ0) is 45.1. The maximum atomic E-state index is 12.3. The van der Waals surface area contributed by atoms with Crippen LogP contribution < -0.4 is 14.2 Å². The van der Waals surface area contributed by atoms with Crippen LogP contribution >= 0.6 is 34.9 Å². The molecule has 0 aliphatic rings. The van der Waals surface area contributed by atoms with Crippen LogP contribution in [-0.4, -0.2) is 56.5 Å². The Bertz CT molecular complexity index is 2490. The molecule has 6 rings (SSSR count). The van der Waals surface area contributed by atoms with Crippen molar-refractivity contribution in [2.24, 2.45) is 5.92 Å². The smallest absolute Gasteiger partial charge is 0.753 e. The van der Waals surface area contributed by atoms with Gasteiger partial charge in [-0.05, 0) is 85.5 Å². The third kappa shape index (κ3) is 16.1. The summed E-state index contributed by atoms with van der Waals surface area (Å²) in [6.07, 6.45) is 4.71. The largest absolute Gasteiger partial charge is 2.00 e. The van der Waals surface area contributed by atoms with Crippen molar-refractivity contribution < 1.29 is 56.4 Å². The van der Waals surface area contributed by atoms with Crippen LogP contribution in [0.4, 0.5) is 13.2 Å². The van der Waals surface area contributed by atoms with Crippen LogP contribution in [0.1, 0.15) is 50.1 Å². The van der Waals surface area contributed by atoms with E-state index in [4.69, 9.17) is 30.8 Å². The molecular formula is C44H40F3N7O5RuS3. The average Bonchev–Trinajstić information content (AvgIpc) is 3.94. The second-order valence-corrected chi connectivity index (χ2v) is 15.6. The minimum atomic E-state index is -4.76. The SMILES string of the molecule is CCCCC(CC)COc1ccc(/C([NH-])=C/C(=N)C(F)(F)F)nc1.Cc1ccc(-c2ccc(-c3ccnc(-c4cc(OC=O)cc(-c5cc(OC=O)ccn5)n4)c3)s2)s1.[N-]=C=S.[Ru+2]. The van der Waals surface area contributed by atoms with E-state index in [-0.39, 0.29) is 25.2 Å². The summed E-state index contributed by atoms with van der Waals surface area (Å²) in [6.45, 7) is 7.61. The summed E-state index contributed by atoms with van der Waals surface area (Å²) >= 11 is 7.18. The molecule has 6 aromatic rings. The number of allylic oxidation sites excluding steroid dienone is 1. The molecule has 0 aromatic carbocycles. The minimum Gasteiger partial charge on any atom is -0.753 e. The van der Waals surface area contributed by atoms with Crippen molar-refractivity contribution in [2.45, 2.75) is 52.6 Å². The van der Waals surface area contributed by atoms with Crippen LogP contribution in [0.15, 0.2) is 97.5 Å². The van der Waals surface area contributed by atoms with Crippen molar-refractivity contribution in [3.8, 4) is 60.2 Å². The monoisotopic (exact) mass is 1000 g/mol. The number of carbonyl (C=O) groups excluding carboxylic acids is 2. The Hall–Kier alpha value is -5.84. The van der Waals surface area contributed by atoms with Crippen LogP contribution in [-0.2, 0) is 29.1 Å². The Kier molecular flexibility index (Phi) is 21.2. The Morgan fingerprint density at radius 1 is 0.857 bits per heavy atom. The van der Waals surface area contributed by atoms with Gasteiger partial charge in [-0.15, -0.1) is 28.4 Å². The maximum Gasteiger partial charge on any atom is 2.00 e. The third-order valence-corrected chi connectivity index (χ3v) is 11.0. The van der Waals surface area contributed by atoms with Gasteiger partial charge in [0.15, 0.2) is 0 Å². The summed E-state index contributed by atoms with van der Waals surface area (Å²) < 4.78 is 52.6. The van der Waals surface area contributed by atoms with Crippen LogP contribution in [0.2, 0.25) is 0 Å². The van der Waals surface area contributed by atoms with Gasteiger partial charge in [0.2, 0.25) is 0 Å². The van der Waals surface area contributed by atoms with Gasteiger partial charge in [0.05, 0.1) is 35.6 Å². The van der Waals surface area contributed by atoms with E-state index in [9.17, 15) is 22.8 Å². The van der Waals surface area contributed by atoms with Gasteiger partial charge in [0.25, 0.3) is 12.9 Å². The second kappa shape index (κ2) is 25.9. The minimum absolute atomic E-state index is 0. The molecule has 6 heterocycles. The number of nitrogens with one attached hydrogen (secondary N) is 2. The van der Waals surface area contributed by atoms with Crippen molar-refractivity contribution in [2.75, 3.05) is 6.61 Å². The molecule has 12 nitrogen and oxygen atoms in total. The first-order valence-electron chi connectivity index (χ1n) is 18.8. The number of carbonyl (C=O) groups is 2. The Morgan fingerprint density at radius 2 is 1.46 bits per heavy atom. The number of hydrogen-bond donors (Lipinski definition) is 1. The number of ether oxygens (including phenoxy) is 3. The molecule has 0 aliphatic heterocycles. The normalized spacial score (nSPS) is 11.2. The van der Waals surface area contributed by atoms with Gasteiger partial charge >= 0.3 is 25.7 Å². The van der Waals surface area contributed by atoms with Gasteiger partial charge in [-0.3, -0.25) is 30.0 Å². The number of thiophene rings is 2. The molecule has 2 N–H and O–H groups in total. The van der Waals surface area contributed by atoms with Crippen LogP contribution in [0.5, 0.6) is 17.2 Å². The number of alkyl halides is 3. The molecule has 19 heteroatoms. The molecule has 328 valence electrons. The van der Waals surface area contributed by atoms with E-state index in [0.29, 0.717) is 71.6 Å². The number of isothiocyanates is 1. The predicted octanol–water partition coefficient (Wildman–Crippen LogP) is 12.3. The van der Waals surface area contributed by atoms with Gasteiger partial charge in [-0.1, -0.05) is 45.3 Å². The van der Waals surface area contributed by atoms with Crippen molar-refractivity contribution >= 4 is 64.4 Å². The molecular weight excluding hydrogens is 961 g/mol. The second-order valence-electron chi connectivity index (χ2n) is 13.0. The number of halogens is 3. The van der Waals surface area contributed by atoms with E-state index in [0.717, 1.165) is 36.1 Å². The maximum absolute atomic E-state index is 12.3. The summed E-state index contributed by atoms with van der Waals surface area (Å²) in [5, 5.41) is 15.3. The van der Waals surface area contributed by atoms with E-state index < -0.39 is 17.6 Å². The summed E-state index contributed by atoms with van der Waals surface area (Å²) in [5.74, 6) is 1.60. The molecule has 0 saturated heterocycles. The molecule has 0 amide bonds. The number of nitrogens with zero attached hydrogens (tertiary/aromatic N) is 5. The molecule has 0 bridgehead atoms. The number of thiocarbonyl (C=S) groups is 1. The van der Waals surface area contributed by atoms with Crippen molar-refractivity contribution in [3.05, 3.63) is 119 Å². The standard InChI is InChI=1S/C26H17N3O4S2.C17H23F3N3O.CNS.Ru/c1-16-2-3-25(34-16)26-5-4-24(35-26)17-6-8-27-20(10-17)22-12-19(33-15-31)13-23(29-22)21-11-18(32-14-30)7-9-28-21;1-3-5-6-12(4-2)11-24-13-7-8-15(23-10-13)14(21)9-16(22)17(18,19)20;2-1-3;/h2-15H,1H3;7-10,12,21-22H,3-6,11H2,1-2H3;;/q;2*-1;+2/b;14-9-,22-16?;;. The fraction of sp³-hybridized carbons (Fsp3) is 0.227. The molecule has 1 atom stereocenters. The Morgan fingerprint density at radius 3 is 2.05 bits per heavy atom. The molecule has 6 aromatic heterocycles. The Balaban J connectivity index is 0.000000332. The fourth-order valence-corrected chi connectivity index (χ4v) is 7.49. The van der Waals surface area contributed by atoms with Crippen molar-refractivity contribution in [1.82, 2.24) is 19.9 Å². The van der Waals surface area contributed by atoms with Crippen molar-refractivity contribution in [3.63, 3.8) is 0 Å². The van der Waals surface area contributed by atoms with Crippen LogP contribution in [0.25, 0.3) is 59.8 Å². The zero-order valence-corrected chi connectivity index (χ0v) is 38.2. The topological polar surface area (TPSA) is 183 Å². The number of rotatable bonds is 17. The van der Waals surface area contributed by atoms with Crippen LogP contribution in [0.3, 0.4) is 0 Å². The van der Waals surface area contributed by atoms with E-state index in [2.05, 4.69) is 77.2 Å². The van der Waals surface area contributed by atoms with Gasteiger partial charge in [-0.2, -0.15) is 18.3 Å².